The summed E-state index contributed by atoms with van der Waals surface area (Å²) in [4.78, 5) is 21.8. The Kier molecular flexibility index (Phi) is 4.27. The van der Waals surface area contributed by atoms with Gasteiger partial charge in [0.15, 0.2) is 10.8 Å². The highest BCUT2D eigenvalue weighted by atomic mass is 32.1. The molecule has 18 heavy (non-hydrogen) atoms. The van der Waals surface area contributed by atoms with Crippen LogP contribution in [0, 0.1) is 6.92 Å². The summed E-state index contributed by atoms with van der Waals surface area (Å²) >= 11 is 3.03. The van der Waals surface area contributed by atoms with Crippen LogP contribution in [0.25, 0.3) is 0 Å². The Hall–Kier alpha value is -1.47. The molecule has 0 spiro atoms. The third-order valence-electron chi connectivity index (χ3n) is 2.16. The molecule has 2 heterocycles. The fourth-order valence-electron chi connectivity index (χ4n) is 1.35. The highest BCUT2D eigenvalue weighted by Crippen LogP contribution is 2.23. The molecule has 1 N–H and O–H groups in total. The normalized spacial score (nSPS) is 10.3. The van der Waals surface area contributed by atoms with Gasteiger partial charge in [-0.2, -0.15) is 0 Å². The van der Waals surface area contributed by atoms with E-state index in [1.54, 1.807) is 23.8 Å². The number of ether oxygens (including phenoxy) is 1. The van der Waals surface area contributed by atoms with Gasteiger partial charge in [0, 0.05) is 16.0 Å². The predicted molar refractivity (Wildman–Crippen MR) is 72.2 cm³/mol. The van der Waals surface area contributed by atoms with Crippen LogP contribution in [-0.2, 0) is 11.3 Å². The third-order valence-corrected chi connectivity index (χ3v) is 3.87. The molecule has 2 rings (SSSR count). The highest BCUT2D eigenvalue weighted by Gasteiger charge is 2.16. The molecule has 0 saturated carbocycles. The lowest BCUT2D eigenvalue weighted by molar-refractivity contribution is 0.0519. The van der Waals surface area contributed by atoms with Gasteiger partial charge in [-0.15, -0.1) is 22.7 Å². The number of esters is 1. The number of nitrogens with one attached hydrogen (secondary N) is 1. The molecule has 0 aromatic carbocycles. The molecule has 0 amide bonds. The van der Waals surface area contributed by atoms with Crippen LogP contribution in [-0.4, -0.2) is 22.5 Å². The second kappa shape index (κ2) is 5.92. The van der Waals surface area contributed by atoms with Crippen LogP contribution in [0.5, 0.6) is 0 Å². The third kappa shape index (κ3) is 3.05. The zero-order chi connectivity index (χ0) is 13.0. The number of aryl methyl sites for hydroxylation is 1. The molecule has 0 fully saturated rings. The molecule has 96 valence electrons. The summed E-state index contributed by atoms with van der Waals surface area (Å²) in [6, 6.07) is 0. The molecule has 2 aromatic rings. The van der Waals surface area contributed by atoms with Gasteiger partial charge in [0.1, 0.15) is 0 Å². The summed E-state index contributed by atoms with van der Waals surface area (Å²) in [5, 5.41) is 3.90. The van der Waals surface area contributed by atoms with Crippen LogP contribution >= 0.6 is 22.7 Å². The Morgan fingerprint density at radius 1 is 1.56 bits per heavy atom. The number of hydrogen-bond acceptors (Lipinski definition) is 7. The van der Waals surface area contributed by atoms with Gasteiger partial charge in [-0.25, -0.2) is 9.78 Å². The van der Waals surface area contributed by atoms with Gasteiger partial charge in [-0.3, -0.25) is 4.98 Å². The zero-order valence-electron chi connectivity index (χ0n) is 10.1. The number of rotatable bonds is 5. The first-order valence-corrected chi connectivity index (χ1v) is 7.16. The van der Waals surface area contributed by atoms with E-state index in [1.165, 1.54) is 11.3 Å². The van der Waals surface area contributed by atoms with Crippen molar-refractivity contribution in [1.82, 2.24) is 9.97 Å². The number of hydrogen-bond donors (Lipinski definition) is 1. The topological polar surface area (TPSA) is 64.1 Å². The van der Waals surface area contributed by atoms with Crippen molar-refractivity contribution >= 4 is 33.8 Å². The first-order chi connectivity index (χ1) is 8.70. The first kappa shape index (κ1) is 13.0. The van der Waals surface area contributed by atoms with Crippen LogP contribution in [0.3, 0.4) is 0 Å². The summed E-state index contributed by atoms with van der Waals surface area (Å²) in [6.07, 6.45) is 1.81. The number of aromatic nitrogens is 2. The molecular weight excluding hydrogens is 270 g/mol. The van der Waals surface area contributed by atoms with Crippen molar-refractivity contribution in [3.05, 3.63) is 27.2 Å². The molecule has 0 bridgehead atoms. The Morgan fingerprint density at radius 2 is 2.39 bits per heavy atom. The lowest BCUT2D eigenvalue weighted by atomic mass is 10.4. The van der Waals surface area contributed by atoms with Crippen molar-refractivity contribution in [3.63, 3.8) is 0 Å². The van der Waals surface area contributed by atoms with Gasteiger partial charge < -0.3 is 10.1 Å². The summed E-state index contributed by atoms with van der Waals surface area (Å²) in [5.74, 6) is -0.364. The van der Waals surface area contributed by atoms with Crippen LogP contribution in [0.2, 0.25) is 0 Å². The van der Waals surface area contributed by atoms with Crippen LogP contribution in [0.4, 0.5) is 5.13 Å². The van der Waals surface area contributed by atoms with E-state index in [0.717, 1.165) is 14.9 Å². The maximum absolute atomic E-state index is 11.6. The standard InChI is InChI=1S/C11H13N3O2S2/c1-3-16-10(15)9-7(2)18-11(14-9)13-5-8-4-12-6-17-8/h4,6H,3,5H2,1-2H3,(H,13,14). The van der Waals surface area contributed by atoms with Gasteiger partial charge in [-0.05, 0) is 13.8 Å². The molecule has 0 atom stereocenters. The van der Waals surface area contributed by atoms with E-state index < -0.39 is 0 Å². The maximum atomic E-state index is 11.6. The smallest absolute Gasteiger partial charge is 0.358 e. The van der Waals surface area contributed by atoms with Gasteiger partial charge >= 0.3 is 5.97 Å². The Labute approximate surface area is 113 Å². The summed E-state index contributed by atoms with van der Waals surface area (Å²) in [5.41, 5.74) is 2.18. The van der Waals surface area contributed by atoms with Crippen LogP contribution < -0.4 is 5.32 Å². The SMILES string of the molecule is CCOC(=O)c1nc(NCc2cncs2)sc1C. The number of anilines is 1. The summed E-state index contributed by atoms with van der Waals surface area (Å²) in [6.45, 7) is 4.67. The second-order valence-corrected chi connectivity index (χ2v) is 5.64. The molecular formula is C11H13N3O2S2. The van der Waals surface area contributed by atoms with E-state index in [-0.39, 0.29) is 5.97 Å². The minimum Gasteiger partial charge on any atom is -0.461 e. The van der Waals surface area contributed by atoms with Gasteiger partial charge in [0.05, 0.1) is 18.7 Å². The van der Waals surface area contributed by atoms with Crippen molar-refractivity contribution in [1.29, 1.82) is 0 Å². The fraction of sp³-hybridized carbons (Fsp3) is 0.364. The molecule has 0 saturated heterocycles. The molecule has 0 radical (unpaired) electrons. The van der Waals surface area contributed by atoms with Crippen molar-refractivity contribution < 1.29 is 9.53 Å². The van der Waals surface area contributed by atoms with Crippen molar-refractivity contribution in [2.75, 3.05) is 11.9 Å². The predicted octanol–water partition coefficient (Wildman–Crippen LogP) is 2.70. The lowest BCUT2D eigenvalue weighted by Crippen LogP contribution is -2.07. The molecule has 0 aliphatic carbocycles. The molecule has 0 aliphatic rings. The summed E-state index contributed by atoms with van der Waals surface area (Å²) < 4.78 is 4.94. The van der Waals surface area contributed by atoms with Gasteiger partial charge in [0.25, 0.3) is 0 Å². The quantitative estimate of drug-likeness (QED) is 0.855. The number of thiazole rings is 2. The molecule has 2 aromatic heterocycles. The first-order valence-electron chi connectivity index (χ1n) is 5.46. The fourth-order valence-corrected chi connectivity index (χ4v) is 2.68. The molecule has 7 heteroatoms. The van der Waals surface area contributed by atoms with Gasteiger partial charge in [-0.1, -0.05) is 0 Å². The molecule has 0 unspecified atom stereocenters. The highest BCUT2D eigenvalue weighted by molar-refractivity contribution is 7.15. The Bertz CT molecular complexity index is 522. The Morgan fingerprint density at radius 3 is 3.06 bits per heavy atom. The van der Waals surface area contributed by atoms with E-state index in [9.17, 15) is 4.79 Å². The van der Waals surface area contributed by atoms with Crippen molar-refractivity contribution in [2.45, 2.75) is 20.4 Å². The van der Waals surface area contributed by atoms with Crippen LogP contribution in [0.15, 0.2) is 11.7 Å². The van der Waals surface area contributed by atoms with Gasteiger partial charge in [0.2, 0.25) is 0 Å². The monoisotopic (exact) mass is 283 g/mol. The van der Waals surface area contributed by atoms with E-state index in [0.29, 0.717) is 18.8 Å². The molecule has 0 aliphatic heterocycles. The number of carbonyl (C=O) groups excluding carboxylic acids is 1. The van der Waals surface area contributed by atoms with Crippen molar-refractivity contribution in [3.8, 4) is 0 Å². The number of nitrogens with zero attached hydrogens (tertiary/aromatic N) is 2. The maximum Gasteiger partial charge on any atom is 0.358 e. The van der Waals surface area contributed by atoms with E-state index >= 15 is 0 Å². The van der Waals surface area contributed by atoms with E-state index in [2.05, 4.69) is 15.3 Å². The summed E-state index contributed by atoms with van der Waals surface area (Å²) in [7, 11) is 0. The largest absolute Gasteiger partial charge is 0.461 e. The van der Waals surface area contributed by atoms with Crippen molar-refractivity contribution in [2.24, 2.45) is 0 Å². The minimum absolute atomic E-state index is 0.361. The Balaban J connectivity index is 2.02. The zero-order valence-corrected chi connectivity index (χ0v) is 11.7. The van der Waals surface area contributed by atoms with E-state index in [4.69, 9.17) is 4.74 Å². The van der Waals surface area contributed by atoms with E-state index in [1.807, 2.05) is 13.1 Å². The average molecular weight is 283 g/mol. The second-order valence-electron chi connectivity index (χ2n) is 3.47. The van der Waals surface area contributed by atoms with Crippen LogP contribution in [0.1, 0.15) is 27.2 Å². The molecule has 5 nitrogen and oxygen atoms in total. The number of carbonyl (C=O) groups is 1. The lowest BCUT2D eigenvalue weighted by Gasteiger charge is -1.99. The average Bonchev–Trinajstić information content (AvgIpc) is 2.96. The minimum atomic E-state index is -0.364.